The molecular weight excluding hydrogens is 314 g/mol. The maximum atomic E-state index is 11.0. The third-order valence-corrected chi connectivity index (χ3v) is 4.32. The van der Waals surface area contributed by atoms with Crippen LogP contribution in [0.5, 0.6) is 5.75 Å². The smallest absolute Gasteiger partial charge is 0.344 e. The van der Waals surface area contributed by atoms with Gasteiger partial charge < -0.3 is 9.84 Å². The van der Waals surface area contributed by atoms with Gasteiger partial charge in [-0.05, 0) is 68.1 Å². The Hall–Kier alpha value is -2.88. The number of aryl methyl sites for hydroxylation is 3. The lowest BCUT2D eigenvalue weighted by molar-refractivity contribution is -0.144. The van der Waals surface area contributed by atoms with Crippen molar-refractivity contribution in [1.82, 2.24) is 4.98 Å². The molecule has 3 rings (SSSR count). The molecule has 0 aliphatic heterocycles. The van der Waals surface area contributed by atoms with Gasteiger partial charge in [0, 0.05) is 17.1 Å². The maximum Gasteiger partial charge on any atom is 0.344 e. The van der Waals surface area contributed by atoms with Gasteiger partial charge in [-0.2, -0.15) is 0 Å². The molecule has 0 bridgehead atoms. The molecule has 1 N–H and O–H groups in total. The van der Waals surface area contributed by atoms with Crippen LogP contribution in [-0.4, -0.2) is 22.2 Å². The highest BCUT2D eigenvalue weighted by atomic mass is 16.5. The number of aromatic nitrogens is 1. The molecule has 1 atom stereocenters. The molecule has 128 valence electrons. The number of rotatable bonds is 4. The summed E-state index contributed by atoms with van der Waals surface area (Å²) < 4.78 is 5.48. The minimum absolute atomic E-state index is 0.507. The Morgan fingerprint density at radius 1 is 1.08 bits per heavy atom. The lowest BCUT2D eigenvalue weighted by Gasteiger charge is -2.15. The predicted molar refractivity (Wildman–Crippen MR) is 99.1 cm³/mol. The largest absolute Gasteiger partial charge is 0.479 e. The van der Waals surface area contributed by atoms with Gasteiger partial charge in [0.2, 0.25) is 0 Å². The fraction of sp³-hybridized carbons (Fsp3) is 0.238. The molecule has 0 spiro atoms. The van der Waals surface area contributed by atoms with Crippen molar-refractivity contribution < 1.29 is 14.6 Å². The molecule has 25 heavy (non-hydrogen) atoms. The maximum absolute atomic E-state index is 11.0. The first-order chi connectivity index (χ1) is 11.9. The van der Waals surface area contributed by atoms with Gasteiger partial charge in [-0.15, -0.1) is 0 Å². The van der Waals surface area contributed by atoms with Crippen molar-refractivity contribution >= 4 is 16.9 Å². The first-order valence-electron chi connectivity index (χ1n) is 8.24. The topological polar surface area (TPSA) is 59.4 Å². The van der Waals surface area contributed by atoms with Crippen LogP contribution in [0.4, 0.5) is 0 Å². The van der Waals surface area contributed by atoms with Gasteiger partial charge in [0.25, 0.3) is 0 Å². The van der Waals surface area contributed by atoms with Crippen molar-refractivity contribution in [3.8, 4) is 16.9 Å². The molecule has 4 nitrogen and oxygen atoms in total. The van der Waals surface area contributed by atoms with Gasteiger partial charge in [0.05, 0.1) is 5.52 Å². The Kier molecular flexibility index (Phi) is 4.45. The van der Waals surface area contributed by atoms with Crippen molar-refractivity contribution in [2.75, 3.05) is 0 Å². The highest BCUT2D eigenvalue weighted by Gasteiger charge is 2.15. The zero-order valence-corrected chi connectivity index (χ0v) is 14.8. The molecule has 0 saturated heterocycles. The van der Waals surface area contributed by atoms with Gasteiger partial charge in [0.15, 0.2) is 6.10 Å². The van der Waals surface area contributed by atoms with E-state index in [-0.39, 0.29) is 0 Å². The minimum atomic E-state index is -0.992. The van der Waals surface area contributed by atoms with Crippen molar-refractivity contribution in [2.24, 2.45) is 0 Å². The van der Waals surface area contributed by atoms with E-state index in [0.717, 1.165) is 22.2 Å². The summed E-state index contributed by atoms with van der Waals surface area (Å²) in [6.45, 7) is 7.69. The fourth-order valence-electron chi connectivity index (χ4n) is 3.11. The zero-order valence-electron chi connectivity index (χ0n) is 14.8. The van der Waals surface area contributed by atoms with Gasteiger partial charge in [0.1, 0.15) is 5.75 Å². The number of hydrogen-bond acceptors (Lipinski definition) is 3. The SMILES string of the molecule is Cc1cc(-c2c(C)cccc2C)c2ccc(OC(C)C(=O)O)cc2n1. The summed E-state index contributed by atoms with van der Waals surface area (Å²) in [5, 5.41) is 10.0. The zero-order chi connectivity index (χ0) is 18.1. The van der Waals surface area contributed by atoms with E-state index >= 15 is 0 Å². The molecule has 0 aliphatic rings. The highest BCUT2D eigenvalue weighted by molar-refractivity contribution is 5.97. The lowest BCUT2D eigenvalue weighted by atomic mass is 9.93. The third-order valence-electron chi connectivity index (χ3n) is 4.32. The van der Waals surface area contributed by atoms with Crippen LogP contribution in [0.15, 0.2) is 42.5 Å². The Morgan fingerprint density at radius 2 is 1.76 bits per heavy atom. The van der Waals surface area contributed by atoms with Gasteiger partial charge in [-0.25, -0.2) is 4.79 Å². The quantitative estimate of drug-likeness (QED) is 0.752. The Balaban J connectivity index is 2.17. The monoisotopic (exact) mass is 335 g/mol. The van der Waals surface area contributed by atoms with E-state index in [4.69, 9.17) is 9.84 Å². The molecule has 0 aliphatic carbocycles. The number of carboxylic acids is 1. The van der Waals surface area contributed by atoms with Crippen LogP contribution in [0.1, 0.15) is 23.7 Å². The van der Waals surface area contributed by atoms with Gasteiger partial charge >= 0.3 is 5.97 Å². The van der Waals surface area contributed by atoms with Gasteiger partial charge in [-0.1, -0.05) is 18.2 Å². The standard InChI is InChI=1S/C21H21NO3/c1-12-6-5-7-13(2)20(12)18-10-14(3)22-19-11-16(8-9-17(18)19)25-15(4)21(23)24/h5-11,15H,1-4H3,(H,23,24). The summed E-state index contributed by atoms with van der Waals surface area (Å²) >= 11 is 0. The molecular formula is C21H21NO3. The molecule has 0 radical (unpaired) electrons. The number of carbonyl (C=O) groups is 1. The minimum Gasteiger partial charge on any atom is -0.479 e. The molecule has 0 amide bonds. The second-order valence-corrected chi connectivity index (χ2v) is 6.36. The van der Waals surface area contributed by atoms with Crippen molar-refractivity contribution in [3.05, 3.63) is 59.3 Å². The number of benzene rings is 2. The van der Waals surface area contributed by atoms with Crippen LogP contribution in [0.2, 0.25) is 0 Å². The second-order valence-electron chi connectivity index (χ2n) is 6.36. The molecule has 1 unspecified atom stereocenters. The van der Waals surface area contributed by atoms with E-state index < -0.39 is 12.1 Å². The average Bonchev–Trinajstić information content (AvgIpc) is 2.54. The van der Waals surface area contributed by atoms with E-state index in [1.165, 1.54) is 23.6 Å². The molecule has 1 aromatic heterocycles. The fourth-order valence-corrected chi connectivity index (χ4v) is 3.11. The predicted octanol–water partition coefficient (Wildman–Crippen LogP) is 4.68. The number of ether oxygens (including phenoxy) is 1. The third kappa shape index (κ3) is 3.33. The number of nitrogens with zero attached hydrogens (tertiary/aromatic N) is 1. The summed E-state index contributed by atoms with van der Waals surface area (Å²) in [5.41, 5.74) is 6.49. The summed E-state index contributed by atoms with van der Waals surface area (Å²) in [6, 6.07) is 13.9. The van der Waals surface area contributed by atoms with Crippen LogP contribution in [0.25, 0.3) is 22.0 Å². The van der Waals surface area contributed by atoms with E-state index in [9.17, 15) is 4.79 Å². The Morgan fingerprint density at radius 3 is 2.40 bits per heavy atom. The van der Waals surface area contributed by atoms with E-state index in [0.29, 0.717) is 5.75 Å². The average molecular weight is 335 g/mol. The van der Waals surface area contributed by atoms with Crippen LogP contribution < -0.4 is 4.74 Å². The number of fused-ring (bicyclic) bond motifs is 1. The van der Waals surface area contributed by atoms with Crippen LogP contribution in [0.3, 0.4) is 0 Å². The molecule has 0 saturated carbocycles. The number of pyridine rings is 1. The van der Waals surface area contributed by atoms with Crippen LogP contribution in [0, 0.1) is 20.8 Å². The van der Waals surface area contributed by atoms with Crippen molar-refractivity contribution in [2.45, 2.75) is 33.8 Å². The van der Waals surface area contributed by atoms with E-state index in [1.54, 1.807) is 12.1 Å². The summed E-state index contributed by atoms with van der Waals surface area (Å²) in [5.74, 6) is -0.485. The van der Waals surface area contributed by atoms with Crippen molar-refractivity contribution in [3.63, 3.8) is 0 Å². The lowest BCUT2D eigenvalue weighted by Crippen LogP contribution is -2.22. The first kappa shape index (κ1) is 17.0. The summed E-state index contributed by atoms with van der Waals surface area (Å²) in [4.78, 5) is 15.6. The Bertz CT molecular complexity index is 943. The van der Waals surface area contributed by atoms with Crippen LogP contribution >= 0.6 is 0 Å². The van der Waals surface area contributed by atoms with E-state index in [2.05, 4.69) is 43.1 Å². The van der Waals surface area contributed by atoms with Crippen molar-refractivity contribution in [1.29, 1.82) is 0 Å². The first-order valence-corrected chi connectivity index (χ1v) is 8.24. The molecule has 2 aromatic carbocycles. The second kappa shape index (κ2) is 6.55. The number of aliphatic carboxylic acids is 1. The van der Waals surface area contributed by atoms with E-state index in [1.807, 2.05) is 13.0 Å². The Labute approximate surface area is 147 Å². The molecule has 0 fully saturated rings. The molecule has 4 heteroatoms. The van der Waals surface area contributed by atoms with Crippen LogP contribution in [-0.2, 0) is 4.79 Å². The molecule has 1 heterocycles. The number of carboxylic acid groups (broad SMARTS) is 1. The normalized spacial score (nSPS) is 12.2. The number of hydrogen-bond donors (Lipinski definition) is 1. The summed E-state index contributed by atoms with van der Waals surface area (Å²) in [7, 11) is 0. The highest BCUT2D eigenvalue weighted by Crippen LogP contribution is 2.34. The summed E-state index contributed by atoms with van der Waals surface area (Å²) in [6.07, 6.45) is -0.902. The molecule has 3 aromatic rings. The van der Waals surface area contributed by atoms with Gasteiger partial charge in [-0.3, -0.25) is 4.98 Å².